The van der Waals surface area contributed by atoms with Gasteiger partial charge in [-0.2, -0.15) is 0 Å². The summed E-state index contributed by atoms with van der Waals surface area (Å²) < 4.78 is 5.04. The van der Waals surface area contributed by atoms with E-state index in [0.717, 1.165) is 12.8 Å². The number of aliphatic hydroxyl groups excluding tert-OH is 1. The highest BCUT2D eigenvalue weighted by molar-refractivity contribution is 5.80. The largest absolute Gasteiger partial charge is 0.396 e. The van der Waals surface area contributed by atoms with Crippen molar-refractivity contribution in [1.82, 2.24) is 4.90 Å². The van der Waals surface area contributed by atoms with E-state index in [2.05, 4.69) is 0 Å². The molecule has 4 nitrogen and oxygen atoms in total. The molecule has 0 heterocycles. The Morgan fingerprint density at radius 2 is 2.27 bits per heavy atom. The van der Waals surface area contributed by atoms with Crippen LogP contribution in [-0.2, 0) is 9.53 Å². The summed E-state index contributed by atoms with van der Waals surface area (Å²) in [6.45, 7) is 2.55. The Morgan fingerprint density at radius 1 is 1.60 bits per heavy atom. The van der Waals surface area contributed by atoms with E-state index < -0.39 is 0 Å². The maximum atomic E-state index is 11.9. The third kappa shape index (κ3) is 3.18. The molecule has 0 radical (unpaired) electrons. The number of hydrogen-bond donors (Lipinski definition) is 1. The molecule has 1 amide bonds. The third-order valence-corrected chi connectivity index (χ3v) is 3.06. The Morgan fingerprint density at radius 3 is 2.67 bits per heavy atom. The number of aliphatic hydroxyl groups is 1. The van der Waals surface area contributed by atoms with Crippen LogP contribution in [0.3, 0.4) is 0 Å². The van der Waals surface area contributed by atoms with Crippen LogP contribution in [-0.4, -0.2) is 48.3 Å². The predicted molar refractivity (Wildman–Crippen MR) is 57.5 cm³/mol. The van der Waals surface area contributed by atoms with Crippen LogP contribution < -0.4 is 0 Å². The summed E-state index contributed by atoms with van der Waals surface area (Å²) in [5.41, 5.74) is 0. The van der Waals surface area contributed by atoms with E-state index in [9.17, 15) is 4.79 Å². The summed E-state index contributed by atoms with van der Waals surface area (Å²) >= 11 is 0. The molecule has 0 spiro atoms. The standard InChI is InChI=1S/C11H21NO3/c1-9(15-2)11(14)12(7-4-8-13)10-5-3-6-10/h9-10,13H,3-8H2,1-2H3. The lowest BCUT2D eigenvalue weighted by Gasteiger charge is -2.38. The third-order valence-electron chi connectivity index (χ3n) is 3.06. The van der Waals surface area contributed by atoms with Gasteiger partial charge in [-0.1, -0.05) is 0 Å². The SMILES string of the molecule is COC(C)C(=O)N(CCCO)C1CCC1. The summed E-state index contributed by atoms with van der Waals surface area (Å²) in [5.74, 6) is 0.0515. The highest BCUT2D eigenvalue weighted by Gasteiger charge is 2.30. The molecular weight excluding hydrogens is 194 g/mol. The monoisotopic (exact) mass is 215 g/mol. The maximum absolute atomic E-state index is 11.9. The van der Waals surface area contributed by atoms with Crippen LogP contribution >= 0.6 is 0 Å². The van der Waals surface area contributed by atoms with Gasteiger partial charge in [0.05, 0.1) is 0 Å². The second-order valence-corrected chi connectivity index (χ2v) is 4.07. The highest BCUT2D eigenvalue weighted by atomic mass is 16.5. The van der Waals surface area contributed by atoms with Crippen LogP contribution in [0, 0.1) is 0 Å². The molecule has 1 fully saturated rings. The second kappa shape index (κ2) is 6.08. The molecular formula is C11H21NO3. The Bertz CT molecular complexity index is 204. The zero-order valence-electron chi connectivity index (χ0n) is 9.61. The number of nitrogens with zero attached hydrogens (tertiary/aromatic N) is 1. The Labute approximate surface area is 91.2 Å². The fourth-order valence-corrected chi connectivity index (χ4v) is 1.75. The van der Waals surface area contributed by atoms with E-state index >= 15 is 0 Å². The Hall–Kier alpha value is -0.610. The quantitative estimate of drug-likeness (QED) is 0.712. The zero-order chi connectivity index (χ0) is 11.3. The van der Waals surface area contributed by atoms with E-state index in [1.807, 2.05) is 4.90 Å². The molecule has 0 aromatic carbocycles. The van der Waals surface area contributed by atoms with Crippen molar-refractivity contribution in [2.75, 3.05) is 20.3 Å². The van der Waals surface area contributed by atoms with Gasteiger partial charge in [0.25, 0.3) is 5.91 Å². The van der Waals surface area contributed by atoms with Gasteiger partial charge in [0.2, 0.25) is 0 Å². The lowest BCUT2D eigenvalue weighted by molar-refractivity contribution is -0.145. The molecule has 15 heavy (non-hydrogen) atoms. The summed E-state index contributed by atoms with van der Waals surface area (Å²) in [7, 11) is 1.55. The molecule has 4 heteroatoms. The van der Waals surface area contributed by atoms with Gasteiger partial charge in [0, 0.05) is 26.3 Å². The molecule has 0 aromatic rings. The Balaban J connectivity index is 2.49. The van der Waals surface area contributed by atoms with Gasteiger partial charge in [-0.3, -0.25) is 4.79 Å². The second-order valence-electron chi connectivity index (χ2n) is 4.07. The normalized spacial score (nSPS) is 18.3. The fourth-order valence-electron chi connectivity index (χ4n) is 1.75. The van der Waals surface area contributed by atoms with Crippen LogP contribution in [0.15, 0.2) is 0 Å². The first-order valence-electron chi connectivity index (χ1n) is 5.64. The first kappa shape index (κ1) is 12.5. The average molecular weight is 215 g/mol. The molecule has 1 rings (SSSR count). The Kier molecular flexibility index (Phi) is 5.05. The van der Waals surface area contributed by atoms with Crippen LogP contribution in [0.2, 0.25) is 0 Å². The van der Waals surface area contributed by atoms with Crippen molar-refractivity contribution in [3.8, 4) is 0 Å². The van der Waals surface area contributed by atoms with Crippen LogP contribution in [0.5, 0.6) is 0 Å². The van der Waals surface area contributed by atoms with E-state index in [-0.39, 0.29) is 18.6 Å². The number of methoxy groups -OCH3 is 1. The molecule has 0 bridgehead atoms. The average Bonchev–Trinajstić information content (AvgIpc) is 2.19. The van der Waals surface area contributed by atoms with Crippen LogP contribution in [0.4, 0.5) is 0 Å². The van der Waals surface area contributed by atoms with Gasteiger partial charge in [0.15, 0.2) is 0 Å². The minimum Gasteiger partial charge on any atom is -0.396 e. The molecule has 1 aliphatic rings. The van der Waals surface area contributed by atoms with Crippen LogP contribution in [0.25, 0.3) is 0 Å². The van der Waals surface area contributed by atoms with E-state index in [1.54, 1.807) is 14.0 Å². The number of ether oxygens (including phenoxy) is 1. The topological polar surface area (TPSA) is 49.8 Å². The minimum atomic E-state index is -0.371. The molecule has 1 unspecified atom stereocenters. The van der Waals surface area contributed by atoms with Gasteiger partial charge in [-0.25, -0.2) is 0 Å². The molecule has 1 atom stereocenters. The van der Waals surface area contributed by atoms with Crippen molar-refractivity contribution >= 4 is 5.91 Å². The summed E-state index contributed by atoms with van der Waals surface area (Å²) in [6, 6.07) is 0.377. The fraction of sp³-hybridized carbons (Fsp3) is 0.909. The molecule has 0 aromatic heterocycles. The first-order chi connectivity index (χ1) is 7.20. The lowest BCUT2D eigenvalue weighted by atomic mass is 9.91. The molecule has 0 aliphatic heterocycles. The lowest BCUT2D eigenvalue weighted by Crippen LogP contribution is -2.48. The van der Waals surface area contributed by atoms with E-state index in [1.165, 1.54) is 6.42 Å². The van der Waals surface area contributed by atoms with Crippen molar-refractivity contribution < 1.29 is 14.6 Å². The van der Waals surface area contributed by atoms with Crippen molar-refractivity contribution in [3.63, 3.8) is 0 Å². The number of hydrogen-bond acceptors (Lipinski definition) is 3. The number of carbonyl (C=O) groups is 1. The van der Waals surface area contributed by atoms with E-state index in [0.29, 0.717) is 19.0 Å². The van der Waals surface area contributed by atoms with Crippen molar-refractivity contribution in [2.24, 2.45) is 0 Å². The molecule has 1 aliphatic carbocycles. The van der Waals surface area contributed by atoms with Crippen molar-refractivity contribution in [3.05, 3.63) is 0 Å². The summed E-state index contributed by atoms with van der Waals surface area (Å²) in [4.78, 5) is 13.8. The summed E-state index contributed by atoms with van der Waals surface area (Å²) in [5, 5.41) is 8.80. The number of carbonyl (C=O) groups excluding carboxylic acids is 1. The maximum Gasteiger partial charge on any atom is 0.251 e. The van der Waals surface area contributed by atoms with E-state index in [4.69, 9.17) is 9.84 Å². The minimum absolute atomic E-state index is 0.0515. The van der Waals surface area contributed by atoms with Gasteiger partial charge < -0.3 is 14.7 Å². The van der Waals surface area contributed by atoms with Gasteiger partial charge >= 0.3 is 0 Å². The van der Waals surface area contributed by atoms with Crippen molar-refractivity contribution in [1.29, 1.82) is 0 Å². The first-order valence-corrected chi connectivity index (χ1v) is 5.64. The summed E-state index contributed by atoms with van der Waals surface area (Å²) in [6.07, 6.45) is 3.67. The molecule has 0 saturated heterocycles. The molecule has 1 N–H and O–H groups in total. The van der Waals surface area contributed by atoms with Gasteiger partial charge in [0.1, 0.15) is 6.10 Å². The number of amides is 1. The van der Waals surface area contributed by atoms with Crippen LogP contribution in [0.1, 0.15) is 32.6 Å². The smallest absolute Gasteiger partial charge is 0.251 e. The van der Waals surface area contributed by atoms with Gasteiger partial charge in [-0.05, 0) is 32.6 Å². The molecule has 88 valence electrons. The van der Waals surface area contributed by atoms with Gasteiger partial charge in [-0.15, -0.1) is 0 Å². The predicted octanol–water partition coefficient (Wildman–Crippen LogP) is 0.785. The molecule has 1 saturated carbocycles. The zero-order valence-corrected chi connectivity index (χ0v) is 9.61. The van der Waals surface area contributed by atoms with Crippen molar-refractivity contribution in [2.45, 2.75) is 44.8 Å². The number of rotatable bonds is 6. The highest BCUT2D eigenvalue weighted by Crippen LogP contribution is 2.25.